The van der Waals surface area contributed by atoms with Gasteiger partial charge in [0, 0.05) is 22.4 Å². The fraction of sp³-hybridized carbons (Fsp3) is 0.143. The average Bonchev–Trinajstić information content (AvgIpc) is 3.09. The molecule has 0 aliphatic carbocycles. The van der Waals surface area contributed by atoms with Gasteiger partial charge in [-0.2, -0.15) is 0 Å². The Morgan fingerprint density at radius 3 is 2.60 bits per heavy atom. The topological polar surface area (TPSA) is 58.6 Å². The lowest BCUT2D eigenvalue weighted by Crippen LogP contribution is -1.91. The molecule has 0 saturated carbocycles. The van der Waals surface area contributed by atoms with Crippen LogP contribution in [0.5, 0.6) is 5.95 Å². The first-order valence-electron chi connectivity index (χ1n) is 8.16. The molecule has 1 N–H and O–H groups in total. The van der Waals surface area contributed by atoms with Crippen molar-refractivity contribution in [1.29, 1.82) is 0 Å². The third kappa shape index (κ3) is 2.76. The summed E-state index contributed by atoms with van der Waals surface area (Å²) in [5.74, 6) is 0.225. The number of aryl methyl sites for hydroxylation is 2. The zero-order valence-electron chi connectivity index (χ0n) is 14.4. The second-order valence-electron chi connectivity index (χ2n) is 6.35. The predicted molar refractivity (Wildman–Crippen MR) is 100 cm³/mol. The molecule has 124 valence electrons. The fourth-order valence-electron chi connectivity index (χ4n) is 3.04. The first kappa shape index (κ1) is 15.4. The van der Waals surface area contributed by atoms with E-state index in [0.29, 0.717) is 11.6 Å². The smallest absolute Gasteiger partial charge is 0.310 e. The Labute approximate surface area is 146 Å². The van der Waals surface area contributed by atoms with E-state index < -0.39 is 0 Å². The van der Waals surface area contributed by atoms with Crippen LogP contribution < -0.4 is 0 Å². The lowest BCUT2D eigenvalue weighted by atomic mass is 10.0. The molecule has 0 radical (unpaired) electrons. The standard InChI is InChI=1S/C21H18N2O2/c1-12-5-4-6-15(9-12)20-23-19(21(24)25-20)11-16-14(3)22-18-8-7-13(2)10-17(16)18/h4-11,24H,1-3H3/b16-11-. The molecular formula is C21H18N2O2. The van der Waals surface area contributed by atoms with E-state index in [0.717, 1.165) is 33.7 Å². The van der Waals surface area contributed by atoms with Crippen LogP contribution in [0.4, 0.5) is 5.69 Å². The van der Waals surface area contributed by atoms with Gasteiger partial charge in [0.2, 0.25) is 5.89 Å². The van der Waals surface area contributed by atoms with Gasteiger partial charge in [0.25, 0.3) is 0 Å². The molecule has 3 aromatic rings. The summed E-state index contributed by atoms with van der Waals surface area (Å²) < 4.78 is 5.47. The van der Waals surface area contributed by atoms with Crippen LogP contribution in [-0.4, -0.2) is 15.8 Å². The summed E-state index contributed by atoms with van der Waals surface area (Å²) in [6.45, 7) is 6.02. The van der Waals surface area contributed by atoms with Gasteiger partial charge in [-0.05, 0) is 51.1 Å². The zero-order valence-corrected chi connectivity index (χ0v) is 14.4. The summed E-state index contributed by atoms with van der Waals surface area (Å²) in [6.07, 6.45) is 1.84. The van der Waals surface area contributed by atoms with E-state index in [1.807, 2.05) is 56.3 Å². The highest BCUT2D eigenvalue weighted by molar-refractivity contribution is 6.31. The van der Waals surface area contributed by atoms with Gasteiger partial charge in [0.1, 0.15) is 5.69 Å². The maximum Gasteiger partial charge on any atom is 0.310 e. The first-order valence-corrected chi connectivity index (χ1v) is 8.16. The van der Waals surface area contributed by atoms with E-state index in [1.165, 1.54) is 5.56 Å². The van der Waals surface area contributed by atoms with Gasteiger partial charge in [-0.25, -0.2) is 4.98 Å². The Kier molecular flexibility index (Phi) is 3.53. The highest BCUT2D eigenvalue weighted by Gasteiger charge is 2.20. The van der Waals surface area contributed by atoms with Gasteiger partial charge in [-0.3, -0.25) is 4.99 Å². The van der Waals surface area contributed by atoms with Gasteiger partial charge in [-0.1, -0.05) is 29.3 Å². The van der Waals surface area contributed by atoms with E-state index >= 15 is 0 Å². The van der Waals surface area contributed by atoms with Crippen LogP contribution in [0.15, 0.2) is 51.9 Å². The van der Waals surface area contributed by atoms with Crippen molar-refractivity contribution in [3.8, 4) is 17.4 Å². The molecule has 0 unspecified atom stereocenters. The number of nitrogens with zero attached hydrogens (tertiary/aromatic N) is 2. The Morgan fingerprint density at radius 2 is 1.80 bits per heavy atom. The predicted octanol–water partition coefficient (Wildman–Crippen LogP) is 5.31. The maximum absolute atomic E-state index is 10.2. The van der Waals surface area contributed by atoms with Crippen LogP contribution in [-0.2, 0) is 0 Å². The molecule has 2 aromatic carbocycles. The highest BCUT2D eigenvalue weighted by atomic mass is 16.5. The first-order chi connectivity index (χ1) is 12.0. The van der Waals surface area contributed by atoms with Gasteiger partial charge in [0.05, 0.1) is 5.69 Å². The van der Waals surface area contributed by atoms with Crippen molar-refractivity contribution >= 4 is 23.0 Å². The third-order valence-corrected chi connectivity index (χ3v) is 4.30. The molecule has 1 aliphatic heterocycles. The number of aromatic hydroxyl groups is 1. The van der Waals surface area contributed by atoms with Crippen molar-refractivity contribution in [2.45, 2.75) is 20.8 Å². The number of allylic oxidation sites excluding steroid dienone is 1. The Bertz CT molecular complexity index is 1040. The van der Waals surface area contributed by atoms with Gasteiger partial charge >= 0.3 is 5.95 Å². The van der Waals surface area contributed by atoms with Crippen LogP contribution in [0.1, 0.15) is 29.3 Å². The quantitative estimate of drug-likeness (QED) is 0.692. The summed E-state index contributed by atoms with van der Waals surface area (Å²) >= 11 is 0. The number of aromatic nitrogens is 1. The second kappa shape index (κ2) is 5.74. The molecular weight excluding hydrogens is 312 g/mol. The number of hydrogen-bond donors (Lipinski definition) is 1. The molecule has 0 amide bonds. The molecule has 0 saturated heterocycles. The average molecular weight is 330 g/mol. The Balaban J connectivity index is 1.79. The van der Waals surface area contributed by atoms with Crippen molar-refractivity contribution < 1.29 is 9.52 Å². The minimum absolute atomic E-state index is 0.182. The monoisotopic (exact) mass is 330 g/mol. The molecule has 4 heteroatoms. The van der Waals surface area contributed by atoms with Crippen LogP contribution in [0.2, 0.25) is 0 Å². The molecule has 4 nitrogen and oxygen atoms in total. The van der Waals surface area contributed by atoms with Gasteiger partial charge in [0.15, 0.2) is 0 Å². The minimum Gasteiger partial charge on any atom is -0.479 e. The van der Waals surface area contributed by atoms with E-state index in [9.17, 15) is 5.11 Å². The fourth-order valence-corrected chi connectivity index (χ4v) is 3.04. The number of aliphatic imine (C=N–C) groups is 1. The Morgan fingerprint density at radius 1 is 1.00 bits per heavy atom. The number of oxazole rings is 1. The molecule has 4 rings (SSSR count). The Hall–Kier alpha value is -3.14. The second-order valence-corrected chi connectivity index (χ2v) is 6.35. The lowest BCUT2D eigenvalue weighted by molar-refractivity contribution is 0.336. The maximum atomic E-state index is 10.2. The van der Waals surface area contributed by atoms with Crippen LogP contribution in [0, 0.1) is 13.8 Å². The van der Waals surface area contributed by atoms with E-state index in [2.05, 4.69) is 23.0 Å². The van der Waals surface area contributed by atoms with E-state index in [1.54, 1.807) is 0 Å². The number of rotatable bonds is 2. The normalized spacial score (nSPS) is 14.7. The van der Waals surface area contributed by atoms with Crippen molar-refractivity contribution in [2.24, 2.45) is 4.99 Å². The van der Waals surface area contributed by atoms with Crippen molar-refractivity contribution in [3.63, 3.8) is 0 Å². The van der Waals surface area contributed by atoms with Crippen LogP contribution in [0.3, 0.4) is 0 Å². The molecule has 1 aliphatic rings. The van der Waals surface area contributed by atoms with Crippen molar-refractivity contribution in [3.05, 3.63) is 64.8 Å². The van der Waals surface area contributed by atoms with Gasteiger partial charge in [-0.15, -0.1) is 0 Å². The lowest BCUT2D eigenvalue weighted by Gasteiger charge is -2.02. The zero-order chi connectivity index (χ0) is 17.6. The van der Waals surface area contributed by atoms with E-state index in [-0.39, 0.29) is 5.95 Å². The van der Waals surface area contributed by atoms with E-state index in [4.69, 9.17) is 4.42 Å². The van der Waals surface area contributed by atoms with Crippen molar-refractivity contribution in [1.82, 2.24) is 4.98 Å². The number of hydrogen-bond acceptors (Lipinski definition) is 4. The number of benzene rings is 2. The largest absolute Gasteiger partial charge is 0.479 e. The van der Waals surface area contributed by atoms with Crippen LogP contribution >= 0.6 is 0 Å². The molecule has 0 bridgehead atoms. The highest BCUT2D eigenvalue weighted by Crippen LogP contribution is 2.38. The minimum atomic E-state index is -0.182. The summed E-state index contributed by atoms with van der Waals surface area (Å²) in [5.41, 5.74) is 7.38. The summed E-state index contributed by atoms with van der Waals surface area (Å²) in [4.78, 5) is 9.05. The summed E-state index contributed by atoms with van der Waals surface area (Å²) in [5, 5.41) is 10.2. The molecule has 0 atom stereocenters. The molecule has 2 heterocycles. The summed E-state index contributed by atoms with van der Waals surface area (Å²) in [7, 11) is 0. The molecule has 25 heavy (non-hydrogen) atoms. The molecule has 1 aromatic heterocycles. The SMILES string of the molecule is CC1=Nc2ccc(C)cc2/C1=C\c1nc(-c2cccc(C)c2)oc1O. The van der Waals surface area contributed by atoms with Gasteiger partial charge < -0.3 is 9.52 Å². The molecule has 0 spiro atoms. The molecule has 0 fully saturated rings. The van der Waals surface area contributed by atoms with Crippen LogP contribution in [0.25, 0.3) is 23.1 Å². The van der Waals surface area contributed by atoms with Crippen molar-refractivity contribution in [2.75, 3.05) is 0 Å². The third-order valence-electron chi connectivity index (χ3n) is 4.30. The summed E-state index contributed by atoms with van der Waals surface area (Å²) in [6, 6.07) is 14.0. The number of fused-ring (bicyclic) bond motifs is 1.